The fraction of sp³-hybridized carbons (Fsp3) is 1.00. The fourth-order valence-corrected chi connectivity index (χ4v) is 3.57. The molecule has 0 aromatic heterocycles. The Balaban J connectivity index is 3.91. The molecule has 0 atom stereocenters. The topological polar surface area (TPSA) is 3.24 Å². The maximum absolute atomic E-state index is 2.44. The molecule has 0 aliphatic carbocycles. The van der Waals surface area contributed by atoms with Crippen LogP contribution in [0.5, 0.6) is 0 Å². The molecule has 110 valence electrons. The lowest BCUT2D eigenvalue weighted by atomic mass is 9.77. The van der Waals surface area contributed by atoms with Crippen molar-refractivity contribution in [1.29, 1.82) is 0 Å². The van der Waals surface area contributed by atoms with Gasteiger partial charge >= 0.3 is 0 Å². The van der Waals surface area contributed by atoms with Gasteiger partial charge in [-0.3, -0.25) is 0 Å². The van der Waals surface area contributed by atoms with E-state index in [1.807, 2.05) is 0 Å². The Kier molecular flexibility index (Phi) is 6.77. The van der Waals surface area contributed by atoms with Crippen LogP contribution in [-0.2, 0) is 0 Å². The first kappa shape index (κ1) is 18.3. The Morgan fingerprint density at radius 1 is 0.889 bits per heavy atom. The van der Waals surface area contributed by atoms with Gasteiger partial charge in [-0.2, -0.15) is 11.8 Å². The van der Waals surface area contributed by atoms with Gasteiger partial charge < -0.3 is 4.90 Å². The lowest BCUT2D eigenvalue weighted by molar-refractivity contribution is 0.187. The van der Waals surface area contributed by atoms with Crippen LogP contribution in [0.4, 0.5) is 0 Å². The van der Waals surface area contributed by atoms with Crippen LogP contribution in [-0.4, -0.2) is 35.5 Å². The van der Waals surface area contributed by atoms with Crippen molar-refractivity contribution in [3.8, 4) is 0 Å². The summed E-state index contributed by atoms with van der Waals surface area (Å²) in [6, 6.07) is 0. The molecule has 0 heterocycles. The zero-order valence-electron chi connectivity index (χ0n) is 14.2. The quantitative estimate of drug-likeness (QED) is 0.632. The van der Waals surface area contributed by atoms with Crippen LogP contribution < -0.4 is 0 Å². The lowest BCUT2D eigenvalue weighted by Crippen LogP contribution is -2.39. The average molecular weight is 274 g/mol. The van der Waals surface area contributed by atoms with Crippen molar-refractivity contribution in [3.05, 3.63) is 0 Å². The molecular formula is C16H35NS. The van der Waals surface area contributed by atoms with Crippen molar-refractivity contribution in [2.75, 3.05) is 25.1 Å². The number of hydrogen-bond donors (Lipinski definition) is 0. The van der Waals surface area contributed by atoms with Gasteiger partial charge in [0.15, 0.2) is 0 Å². The van der Waals surface area contributed by atoms with E-state index in [1.54, 1.807) is 0 Å². The molecule has 0 radical (unpaired) electrons. The molecule has 0 aromatic rings. The summed E-state index contributed by atoms with van der Waals surface area (Å²) < 4.78 is 0. The van der Waals surface area contributed by atoms with Crippen molar-refractivity contribution in [3.63, 3.8) is 0 Å². The van der Waals surface area contributed by atoms with Crippen LogP contribution in [0.25, 0.3) is 0 Å². The fourth-order valence-electron chi connectivity index (χ4n) is 2.37. The second-order valence-electron chi connectivity index (χ2n) is 8.55. The van der Waals surface area contributed by atoms with Gasteiger partial charge in [-0.05, 0) is 50.8 Å². The predicted molar refractivity (Wildman–Crippen MR) is 87.6 cm³/mol. The van der Waals surface area contributed by atoms with Gasteiger partial charge in [0, 0.05) is 17.8 Å². The predicted octanol–water partition coefficient (Wildman–Crippen LogP) is 4.91. The van der Waals surface area contributed by atoms with Crippen LogP contribution in [0.3, 0.4) is 0 Å². The van der Waals surface area contributed by atoms with E-state index >= 15 is 0 Å². The third-order valence-corrected chi connectivity index (χ3v) is 4.67. The highest BCUT2D eigenvalue weighted by Gasteiger charge is 2.25. The minimum Gasteiger partial charge on any atom is -0.301 e. The molecule has 2 heteroatoms. The second-order valence-corrected chi connectivity index (χ2v) is 9.65. The summed E-state index contributed by atoms with van der Waals surface area (Å²) in [7, 11) is 2.22. The zero-order valence-corrected chi connectivity index (χ0v) is 15.0. The number of thioether (sulfide) groups is 1. The van der Waals surface area contributed by atoms with Crippen LogP contribution in [0.15, 0.2) is 0 Å². The monoisotopic (exact) mass is 273 g/mol. The molecule has 0 rings (SSSR count). The molecule has 0 amide bonds. The third-order valence-electron chi connectivity index (χ3n) is 3.22. The molecule has 0 spiro atoms. The van der Waals surface area contributed by atoms with Gasteiger partial charge in [-0.1, -0.05) is 34.6 Å². The molecule has 0 aromatic carbocycles. The molecule has 1 nitrogen and oxygen atoms in total. The summed E-state index contributed by atoms with van der Waals surface area (Å²) in [5.74, 6) is 2.50. The highest BCUT2D eigenvalue weighted by Crippen LogP contribution is 2.35. The number of nitrogens with zero attached hydrogens (tertiary/aromatic N) is 1. The summed E-state index contributed by atoms with van der Waals surface area (Å²) in [5.41, 5.74) is 1.18. The van der Waals surface area contributed by atoms with Gasteiger partial charge in [0.2, 0.25) is 0 Å². The van der Waals surface area contributed by atoms with E-state index in [0.29, 0.717) is 16.4 Å². The average Bonchev–Trinajstić information content (AvgIpc) is 2.06. The van der Waals surface area contributed by atoms with Crippen molar-refractivity contribution in [2.24, 2.45) is 10.8 Å². The van der Waals surface area contributed by atoms with Gasteiger partial charge in [0.25, 0.3) is 0 Å². The van der Waals surface area contributed by atoms with Crippen LogP contribution in [0.2, 0.25) is 0 Å². The van der Waals surface area contributed by atoms with E-state index in [2.05, 4.69) is 79.1 Å². The van der Waals surface area contributed by atoms with Crippen LogP contribution >= 0.6 is 11.8 Å². The Labute approximate surface area is 120 Å². The molecule has 0 saturated heterocycles. The summed E-state index contributed by atoms with van der Waals surface area (Å²) >= 11 is 2.10. The maximum atomic E-state index is 2.44. The van der Waals surface area contributed by atoms with E-state index in [4.69, 9.17) is 0 Å². The standard InChI is InChI=1S/C16H35NS/c1-14(2,3)12-16(7,8)13-18-11-10-17(9)15(4,5)6/h10-13H2,1-9H3. The molecule has 0 fully saturated rings. The Hall–Kier alpha value is 0.310. The lowest BCUT2D eigenvalue weighted by Gasteiger charge is -2.34. The largest absolute Gasteiger partial charge is 0.301 e. The van der Waals surface area contributed by atoms with Crippen molar-refractivity contribution < 1.29 is 0 Å². The summed E-state index contributed by atoms with van der Waals surface area (Å²) in [4.78, 5) is 2.44. The SMILES string of the molecule is CN(CCSCC(C)(C)CC(C)(C)C)C(C)(C)C. The number of rotatable bonds is 6. The Morgan fingerprint density at radius 3 is 1.78 bits per heavy atom. The zero-order chi connectivity index (χ0) is 14.6. The first-order valence-electron chi connectivity index (χ1n) is 7.13. The third kappa shape index (κ3) is 9.27. The molecule has 0 N–H and O–H groups in total. The van der Waals surface area contributed by atoms with Gasteiger partial charge in [0.05, 0.1) is 0 Å². The molecule has 0 aliphatic rings. The van der Waals surface area contributed by atoms with Gasteiger partial charge in [-0.25, -0.2) is 0 Å². The van der Waals surface area contributed by atoms with Crippen molar-refractivity contribution in [2.45, 2.75) is 67.3 Å². The summed E-state index contributed by atoms with van der Waals surface area (Å²) in [6.45, 7) is 19.8. The van der Waals surface area contributed by atoms with E-state index in [0.717, 1.165) is 0 Å². The van der Waals surface area contributed by atoms with Crippen LogP contribution in [0.1, 0.15) is 61.8 Å². The van der Waals surface area contributed by atoms with E-state index < -0.39 is 0 Å². The highest BCUT2D eigenvalue weighted by molar-refractivity contribution is 7.99. The molecule has 0 unspecified atom stereocenters. The summed E-state index contributed by atoms with van der Waals surface area (Å²) in [6.07, 6.45) is 1.29. The second kappa shape index (κ2) is 6.65. The Bertz CT molecular complexity index is 232. The van der Waals surface area contributed by atoms with Gasteiger partial charge in [0.1, 0.15) is 0 Å². The first-order chi connectivity index (χ1) is 7.83. The maximum Gasteiger partial charge on any atom is 0.0122 e. The normalized spacial score (nSPS) is 14.3. The Morgan fingerprint density at radius 2 is 1.39 bits per heavy atom. The molecule has 0 saturated carbocycles. The molecule has 0 aliphatic heterocycles. The van der Waals surface area contributed by atoms with E-state index in [1.165, 1.54) is 24.5 Å². The molecule has 0 bridgehead atoms. The number of hydrogen-bond acceptors (Lipinski definition) is 2. The highest BCUT2D eigenvalue weighted by atomic mass is 32.2. The van der Waals surface area contributed by atoms with Crippen molar-refractivity contribution in [1.82, 2.24) is 4.90 Å². The van der Waals surface area contributed by atoms with Gasteiger partial charge in [-0.15, -0.1) is 0 Å². The first-order valence-corrected chi connectivity index (χ1v) is 8.28. The minimum absolute atomic E-state index is 0.293. The molecular weight excluding hydrogens is 238 g/mol. The van der Waals surface area contributed by atoms with E-state index in [-0.39, 0.29) is 0 Å². The minimum atomic E-state index is 0.293. The molecule has 18 heavy (non-hydrogen) atoms. The van der Waals surface area contributed by atoms with E-state index in [9.17, 15) is 0 Å². The smallest absolute Gasteiger partial charge is 0.0122 e. The van der Waals surface area contributed by atoms with Crippen LogP contribution in [0, 0.1) is 10.8 Å². The van der Waals surface area contributed by atoms with Crippen molar-refractivity contribution >= 4 is 11.8 Å². The summed E-state index contributed by atoms with van der Waals surface area (Å²) in [5, 5.41) is 0.